The number of allylic oxidation sites excluding steroid dienone is 5. The van der Waals surface area contributed by atoms with Gasteiger partial charge in [0.05, 0.1) is 22.3 Å². The van der Waals surface area contributed by atoms with Gasteiger partial charge in [-0.2, -0.15) is 0 Å². The summed E-state index contributed by atoms with van der Waals surface area (Å²) in [6, 6.07) is 21.4. The molecule has 0 aliphatic heterocycles. The largest absolute Gasteiger partial charge is 0.508 e. The van der Waals surface area contributed by atoms with Crippen LogP contribution in [0.25, 0.3) is 28.0 Å². The fraction of sp³-hybridized carbons (Fsp3) is 0.0345. The van der Waals surface area contributed by atoms with Gasteiger partial charge in [-0.3, -0.25) is 14.3 Å². The molecule has 0 fully saturated rings. The molecule has 0 unspecified atom stereocenters. The van der Waals surface area contributed by atoms with Crippen molar-refractivity contribution in [3.8, 4) is 5.69 Å². The van der Waals surface area contributed by atoms with Gasteiger partial charge in [0.1, 0.15) is 5.76 Å². The smallest absolute Gasteiger partial charge is 0.279 e. The van der Waals surface area contributed by atoms with Crippen LogP contribution in [0.5, 0.6) is 0 Å². The highest BCUT2D eigenvalue weighted by molar-refractivity contribution is 7.98. The molecule has 1 amide bonds. The summed E-state index contributed by atoms with van der Waals surface area (Å²) in [5, 5.41) is 9.88. The molecule has 0 saturated heterocycles. The van der Waals surface area contributed by atoms with Crippen molar-refractivity contribution in [2.45, 2.75) is 11.8 Å². The van der Waals surface area contributed by atoms with E-state index in [9.17, 15) is 14.7 Å². The number of aliphatic hydroxyl groups excluding tert-OH is 1. The molecule has 1 aromatic heterocycles. The van der Waals surface area contributed by atoms with Crippen molar-refractivity contribution < 1.29 is 9.90 Å². The SMILES string of the molecule is C=C/C=C(\C=C/C)n1c2ccc(C(=O)NSc3ccc(C(=C)O)cc3)cc2c(=O)n1-c1ccccc1. The van der Waals surface area contributed by atoms with E-state index in [0.717, 1.165) is 22.5 Å². The van der Waals surface area contributed by atoms with Gasteiger partial charge in [0.25, 0.3) is 11.5 Å². The Kier molecular flexibility index (Phi) is 7.42. The molecule has 4 rings (SSSR count). The first kappa shape index (κ1) is 24.6. The van der Waals surface area contributed by atoms with E-state index < -0.39 is 0 Å². The molecular weight excluding hydrogens is 470 g/mol. The summed E-state index contributed by atoms with van der Waals surface area (Å²) in [5.41, 5.74) is 2.86. The summed E-state index contributed by atoms with van der Waals surface area (Å²) in [4.78, 5) is 27.3. The molecule has 0 aliphatic rings. The quantitative estimate of drug-likeness (QED) is 0.169. The van der Waals surface area contributed by atoms with Crippen LogP contribution in [0.1, 0.15) is 22.8 Å². The summed E-state index contributed by atoms with van der Waals surface area (Å²) >= 11 is 1.15. The number of carbonyl (C=O) groups excluding carboxylic acids is 1. The Morgan fingerprint density at radius 1 is 1.03 bits per heavy atom. The number of nitrogens with zero attached hydrogens (tertiary/aromatic N) is 2. The number of benzene rings is 3. The van der Waals surface area contributed by atoms with Gasteiger partial charge in [-0.25, -0.2) is 9.36 Å². The van der Waals surface area contributed by atoms with Crippen molar-refractivity contribution in [1.29, 1.82) is 0 Å². The zero-order valence-electron chi connectivity index (χ0n) is 19.7. The monoisotopic (exact) mass is 495 g/mol. The Balaban J connectivity index is 1.74. The van der Waals surface area contributed by atoms with E-state index in [1.54, 1.807) is 53.2 Å². The number of aromatic nitrogens is 2. The minimum Gasteiger partial charge on any atom is -0.508 e. The third-order valence-corrected chi connectivity index (χ3v) is 6.23. The summed E-state index contributed by atoms with van der Waals surface area (Å²) in [7, 11) is 0. The van der Waals surface area contributed by atoms with Gasteiger partial charge < -0.3 is 5.11 Å². The Morgan fingerprint density at radius 2 is 1.72 bits per heavy atom. The van der Waals surface area contributed by atoms with Gasteiger partial charge in [-0.05, 0) is 73.5 Å². The minimum atomic E-state index is -0.328. The Hall–Kier alpha value is -4.49. The normalized spacial score (nSPS) is 11.6. The van der Waals surface area contributed by atoms with Crippen LogP contribution in [0.3, 0.4) is 0 Å². The molecular formula is C29H25N3O3S. The first-order valence-corrected chi connectivity index (χ1v) is 12.0. The summed E-state index contributed by atoms with van der Waals surface area (Å²) in [5.74, 6) is -0.344. The van der Waals surface area contributed by atoms with Crippen LogP contribution < -0.4 is 10.3 Å². The van der Waals surface area contributed by atoms with E-state index in [4.69, 9.17) is 0 Å². The van der Waals surface area contributed by atoms with Crippen LogP contribution in [0.2, 0.25) is 0 Å². The lowest BCUT2D eigenvalue weighted by atomic mass is 10.1. The van der Waals surface area contributed by atoms with E-state index in [1.165, 1.54) is 0 Å². The lowest BCUT2D eigenvalue weighted by Gasteiger charge is -2.14. The maximum atomic E-state index is 13.6. The van der Waals surface area contributed by atoms with E-state index >= 15 is 0 Å². The Bertz CT molecular complexity index is 1560. The fourth-order valence-corrected chi connectivity index (χ4v) is 4.37. The van der Waals surface area contributed by atoms with Gasteiger partial charge in [-0.1, -0.05) is 55.6 Å². The van der Waals surface area contributed by atoms with Gasteiger partial charge in [0, 0.05) is 16.0 Å². The number of rotatable bonds is 8. The van der Waals surface area contributed by atoms with Crippen LogP contribution in [0.4, 0.5) is 0 Å². The van der Waals surface area contributed by atoms with Crippen molar-refractivity contribution in [2.75, 3.05) is 0 Å². The van der Waals surface area contributed by atoms with Gasteiger partial charge in [0.2, 0.25) is 0 Å². The van der Waals surface area contributed by atoms with E-state index in [2.05, 4.69) is 17.9 Å². The summed E-state index contributed by atoms with van der Waals surface area (Å²) < 4.78 is 6.22. The highest BCUT2D eigenvalue weighted by Gasteiger charge is 2.18. The number of hydrogen-bond donors (Lipinski definition) is 2. The van der Waals surface area contributed by atoms with E-state index in [-0.39, 0.29) is 17.2 Å². The van der Waals surface area contributed by atoms with Crippen molar-refractivity contribution in [1.82, 2.24) is 14.1 Å². The average molecular weight is 496 g/mol. The maximum absolute atomic E-state index is 13.6. The zero-order valence-corrected chi connectivity index (χ0v) is 20.5. The Labute approximate surface area is 213 Å². The minimum absolute atomic E-state index is 0.0162. The molecule has 3 aromatic carbocycles. The predicted molar refractivity (Wildman–Crippen MR) is 148 cm³/mol. The molecule has 0 bridgehead atoms. The van der Waals surface area contributed by atoms with E-state index in [1.807, 2.05) is 60.2 Å². The molecule has 6 nitrogen and oxygen atoms in total. The second-order valence-corrected chi connectivity index (χ2v) is 8.71. The molecule has 0 atom stereocenters. The third-order valence-electron chi connectivity index (χ3n) is 5.43. The number of amides is 1. The van der Waals surface area contributed by atoms with Crippen LogP contribution in [0.15, 0.2) is 120 Å². The van der Waals surface area contributed by atoms with Crippen LogP contribution >= 0.6 is 11.9 Å². The fourth-order valence-electron chi connectivity index (χ4n) is 3.77. The number of carbonyl (C=O) groups is 1. The second-order valence-electron chi connectivity index (χ2n) is 7.83. The highest BCUT2D eigenvalue weighted by Crippen LogP contribution is 2.23. The number of fused-ring (bicyclic) bond motifs is 1. The number of nitrogens with one attached hydrogen (secondary N) is 1. The first-order valence-electron chi connectivity index (χ1n) is 11.2. The number of para-hydroxylation sites is 1. The lowest BCUT2D eigenvalue weighted by molar-refractivity contribution is 0.0984. The molecule has 0 saturated carbocycles. The lowest BCUT2D eigenvalue weighted by Crippen LogP contribution is -2.20. The molecule has 36 heavy (non-hydrogen) atoms. The number of hydrogen-bond acceptors (Lipinski definition) is 4. The van der Waals surface area contributed by atoms with Crippen molar-refractivity contribution in [3.63, 3.8) is 0 Å². The van der Waals surface area contributed by atoms with Crippen molar-refractivity contribution in [2.24, 2.45) is 0 Å². The average Bonchev–Trinajstić information content (AvgIpc) is 3.19. The summed E-state index contributed by atoms with van der Waals surface area (Å²) in [6.07, 6.45) is 7.29. The van der Waals surface area contributed by atoms with Gasteiger partial charge in [0.15, 0.2) is 0 Å². The van der Waals surface area contributed by atoms with Gasteiger partial charge in [-0.15, -0.1) is 0 Å². The predicted octanol–water partition coefficient (Wildman–Crippen LogP) is 6.36. The molecule has 4 aromatic rings. The molecule has 180 valence electrons. The van der Waals surface area contributed by atoms with Crippen molar-refractivity contribution >= 4 is 40.2 Å². The third kappa shape index (κ3) is 4.96. The molecule has 0 aliphatic carbocycles. The summed E-state index contributed by atoms with van der Waals surface area (Å²) in [6.45, 7) is 9.21. The first-order chi connectivity index (χ1) is 17.4. The zero-order chi connectivity index (χ0) is 25.7. The Morgan fingerprint density at radius 3 is 2.36 bits per heavy atom. The van der Waals surface area contributed by atoms with Crippen LogP contribution in [-0.4, -0.2) is 20.4 Å². The van der Waals surface area contributed by atoms with E-state index in [0.29, 0.717) is 27.7 Å². The maximum Gasteiger partial charge on any atom is 0.279 e. The molecule has 0 radical (unpaired) electrons. The topological polar surface area (TPSA) is 76.3 Å². The van der Waals surface area contributed by atoms with Crippen LogP contribution in [-0.2, 0) is 0 Å². The second kappa shape index (κ2) is 10.8. The molecule has 7 heteroatoms. The van der Waals surface area contributed by atoms with Crippen LogP contribution in [0, 0.1) is 0 Å². The van der Waals surface area contributed by atoms with Crippen molar-refractivity contribution in [3.05, 3.63) is 132 Å². The highest BCUT2D eigenvalue weighted by atomic mass is 32.2. The van der Waals surface area contributed by atoms with Gasteiger partial charge >= 0.3 is 0 Å². The molecule has 2 N–H and O–H groups in total. The standard InChI is InChI=1S/C29H25N3O3S/c1-4-9-23(10-5-2)31-27-18-15-22(19-26(27)29(35)32(31)24-11-7-6-8-12-24)28(34)30-36-25-16-13-21(14-17-25)20(3)33/h4-19,33H,1,3H2,2H3,(H,30,34)/b10-5-,23-9+. The molecule has 1 heterocycles. The number of aliphatic hydroxyl groups is 1. The molecule has 0 spiro atoms.